The van der Waals surface area contributed by atoms with E-state index in [1.54, 1.807) is 0 Å². The Morgan fingerprint density at radius 2 is 2.12 bits per heavy atom. The Kier molecular flexibility index (Phi) is 5.18. The van der Waals surface area contributed by atoms with E-state index in [-0.39, 0.29) is 28.8 Å². The van der Waals surface area contributed by atoms with Gasteiger partial charge < -0.3 is 10.1 Å². The molecule has 1 amide bonds. The minimum Gasteiger partial charge on any atom is -0.469 e. The number of hydrogen-bond acceptors (Lipinski definition) is 4. The number of rotatable bonds is 4. The van der Waals surface area contributed by atoms with Gasteiger partial charge in [-0.25, -0.2) is 4.98 Å². The number of carbonyl (C=O) groups excluding carboxylic acids is 2. The fourth-order valence-corrected chi connectivity index (χ4v) is 1.38. The molecule has 1 heterocycles. The number of pyridine rings is 1. The van der Waals surface area contributed by atoms with Gasteiger partial charge in [0.1, 0.15) is 10.8 Å². The predicted molar refractivity (Wildman–Crippen MR) is 63.2 cm³/mol. The first-order chi connectivity index (χ1) is 8.04. The van der Waals surface area contributed by atoms with Crippen molar-refractivity contribution in [2.24, 2.45) is 0 Å². The van der Waals surface area contributed by atoms with Crippen LogP contribution in [0.5, 0.6) is 0 Å². The molecule has 1 rings (SSSR count). The molecule has 0 radical (unpaired) electrons. The molecule has 17 heavy (non-hydrogen) atoms. The first-order valence-electron chi connectivity index (χ1n) is 4.71. The Labute approximate surface area is 108 Å². The Balaban J connectivity index is 2.58. The van der Waals surface area contributed by atoms with Gasteiger partial charge in [-0.15, -0.1) is 0 Å². The second kappa shape index (κ2) is 6.42. The summed E-state index contributed by atoms with van der Waals surface area (Å²) in [5.74, 6) is -0.892. The van der Waals surface area contributed by atoms with Gasteiger partial charge in [-0.2, -0.15) is 0 Å². The highest BCUT2D eigenvalue weighted by molar-refractivity contribution is 6.34. The summed E-state index contributed by atoms with van der Waals surface area (Å²) in [6.45, 7) is 0.149. The van der Waals surface area contributed by atoms with Crippen molar-refractivity contribution in [1.29, 1.82) is 0 Å². The average Bonchev–Trinajstić information content (AvgIpc) is 2.31. The summed E-state index contributed by atoms with van der Waals surface area (Å²) in [6.07, 6.45) is 0.0838. The molecule has 0 aliphatic rings. The lowest BCUT2D eigenvalue weighted by Gasteiger charge is -2.05. The van der Waals surface area contributed by atoms with E-state index < -0.39 is 11.9 Å². The summed E-state index contributed by atoms with van der Waals surface area (Å²) >= 11 is 11.4. The van der Waals surface area contributed by atoms with Crippen LogP contribution in [-0.4, -0.2) is 30.5 Å². The molecule has 0 saturated carbocycles. The molecule has 0 spiro atoms. The van der Waals surface area contributed by atoms with E-state index in [0.29, 0.717) is 0 Å². The van der Waals surface area contributed by atoms with Gasteiger partial charge in [0.15, 0.2) is 0 Å². The highest BCUT2D eigenvalue weighted by atomic mass is 35.5. The monoisotopic (exact) mass is 276 g/mol. The van der Waals surface area contributed by atoms with E-state index in [4.69, 9.17) is 23.2 Å². The second-order valence-corrected chi connectivity index (χ2v) is 3.84. The van der Waals surface area contributed by atoms with Gasteiger partial charge in [-0.3, -0.25) is 9.59 Å². The van der Waals surface area contributed by atoms with Crippen LogP contribution in [0, 0.1) is 0 Å². The van der Waals surface area contributed by atoms with Gasteiger partial charge in [0.2, 0.25) is 0 Å². The summed E-state index contributed by atoms with van der Waals surface area (Å²) in [4.78, 5) is 26.2. The summed E-state index contributed by atoms with van der Waals surface area (Å²) in [7, 11) is 1.28. The number of nitrogens with one attached hydrogen (secondary N) is 1. The zero-order valence-corrected chi connectivity index (χ0v) is 10.5. The zero-order valence-electron chi connectivity index (χ0n) is 9.00. The highest BCUT2D eigenvalue weighted by Crippen LogP contribution is 2.16. The van der Waals surface area contributed by atoms with Gasteiger partial charge in [0.25, 0.3) is 5.91 Å². The molecule has 0 unspecified atom stereocenters. The van der Waals surface area contributed by atoms with E-state index in [1.165, 1.54) is 19.2 Å². The number of amides is 1. The molecule has 0 aliphatic carbocycles. The lowest BCUT2D eigenvalue weighted by Crippen LogP contribution is -2.27. The maximum Gasteiger partial charge on any atom is 0.307 e. The van der Waals surface area contributed by atoms with Crippen molar-refractivity contribution in [2.45, 2.75) is 6.42 Å². The number of esters is 1. The summed E-state index contributed by atoms with van der Waals surface area (Å²) < 4.78 is 4.43. The van der Waals surface area contributed by atoms with Gasteiger partial charge >= 0.3 is 5.97 Å². The van der Waals surface area contributed by atoms with Crippen LogP contribution in [-0.2, 0) is 9.53 Å². The van der Waals surface area contributed by atoms with E-state index in [9.17, 15) is 9.59 Å². The molecule has 92 valence electrons. The van der Waals surface area contributed by atoms with Crippen molar-refractivity contribution < 1.29 is 14.3 Å². The highest BCUT2D eigenvalue weighted by Gasteiger charge is 2.12. The minimum absolute atomic E-state index is 0.0315. The third-order valence-corrected chi connectivity index (χ3v) is 2.38. The molecular formula is C10H10Cl2N2O3. The fourth-order valence-electron chi connectivity index (χ4n) is 1.04. The SMILES string of the molecule is COC(=O)CCNC(=O)c1nc(Cl)ccc1Cl. The van der Waals surface area contributed by atoms with Crippen molar-refractivity contribution in [2.75, 3.05) is 13.7 Å². The van der Waals surface area contributed by atoms with Crippen molar-refractivity contribution in [1.82, 2.24) is 10.3 Å². The van der Waals surface area contributed by atoms with Crippen molar-refractivity contribution in [3.05, 3.63) is 28.0 Å². The average molecular weight is 277 g/mol. The molecule has 1 N–H and O–H groups in total. The fraction of sp³-hybridized carbons (Fsp3) is 0.300. The summed E-state index contributed by atoms with van der Waals surface area (Å²) in [5, 5.41) is 2.86. The number of halogens is 2. The quantitative estimate of drug-likeness (QED) is 0.671. The van der Waals surface area contributed by atoms with Crippen molar-refractivity contribution >= 4 is 35.1 Å². The van der Waals surface area contributed by atoms with E-state index in [0.717, 1.165) is 0 Å². The number of nitrogens with zero attached hydrogens (tertiary/aromatic N) is 1. The van der Waals surface area contributed by atoms with E-state index in [1.807, 2.05) is 0 Å². The number of carbonyl (C=O) groups is 2. The molecule has 0 aliphatic heterocycles. The summed E-state index contributed by atoms with van der Waals surface area (Å²) in [6, 6.07) is 2.96. The largest absolute Gasteiger partial charge is 0.469 e. The molecule has 1 aromatic heterocycles. The Hall–Kier alpha value is -1.33. The van der Waals surface area contributed by atoms with Gasteiger partial charge in [0, 0.05) is 6.54 Å². The van der Waals surface area contributed by atoms with Crippen LogP contribution in [0.15, 0.2) is 12.1 Å². The van der Waals surface area contributed by atoms with E-state index >= 15 is 0 Å². The maximum absolute atomic E-state index is 11.6. The maximum atomic E-state index is 11.6. The predicted octanol–water partition coefficient (Wildman–Crippen LogP) is 1.68. The van der Waals surface area contributed by atoms with Crippen LogP contribution in [0.3, 0.4) is 0 Å². The first-order valence-corrected chi connectivity index (χ1v) is 5.47. The Morgan fingerprint density at radius 3 is 2.76 bits per heavy atom. The zero-order chi connectivity index (χ0) is 12.8. The molecule has 7 heteroatoms. The number of methoxy groups -OCH3 is 1. The Bertz CT molecular complexity index is 438. The molecule has 0 atom stereocenters. The van der Waals surface area contributed by atoms with Crippen LogP contribution in [0.2, 0.25) is 10.2 Å². The topological polar surface area (TPSA) is 68.3 Å². The van der Waals surface area contributed by atoms with E-state index in [2.05, 4.69) is 15.0 Å². The number of ether oxygens (including phenoxy) is 1. The number of aromatic nitrogens is 1. The van der Waals surface area contributed by atoms with Crippen LogP contribution >= 0.6 is 23.2 Å². The van der Waals surface area contributed by atoms with Gasteiger partial charge in [-0.1, -0.05) is 23.2 Å². The lowest BCUT2D eigenvalue weighted by atomic mass is 10.3. The van der Waals surface area contributed by atoms with Crippen LogP contribution in [0.4, 0.5) is 0 Å². The second-order valence-electron chi connectivity index (χ2n) is 3.05. The van der Waals surface area contributed by atoms with Crippen molar-refractivity contribution in [3.8, 4) is 0 Å². The molecule has 0 aromatic carbocycles. The number of hydrogen-bond donors (Lipinski definition) is 1. The molecule has 0 fully saturated rings. The lowest BCUT2D eigenvalue weighted by molar-refractivity contribution is -0.140. The minimum atomic E-state index is -0.485. The van der Waals surface area contributed by atoms with Gasteiger partial charge in [0.05, 0.1) is 18.6 Å². The normalized spacial score (nSPS) is 9.82. The summed E-state index contributed by atoms with van der Waals surface area (Å²) in [5.41, 5.74) is 0.0315. The molecule has 5 nitrogen and oxygen atoms in total. The van der Waals surface area contributed by atoms with Crippen LogP contribution in [0.1, 0.15) is 16.9 Å². The van der Waals surface area contributed by atoms with Crippen LogP contribution in [0.25, 0.3) is 0 Å². The van der Waals surface area contributed by atoms with Gasteiger partial charge in [-0.05, 0) is 12.1 Å². The smallest absolute Gasteiger partial charge is 0.307 e. The standard InChI is InChI=1S/C10H10Cl2N2O3/c1-17-8(15)4-5-13-10(16)9-6(11)2-3-7(12)14-9/h2-3H,4-5H2,1H3,(H,13,16). The van der Waals surface area contributed by atoms with Crippen molar-refractivity contribution in [3.63, 3.8) is 0 Å². The molecule has 1 aromatic rings. The molecule has 0 bridgehead atoms. The third kappa shape index (κ3) is 4.20. The molecular weight excluding hydrogens is 267 g/mol. The first kappa shape index (κ1) is 13.7. The molecule has 0 saturated heterocycles. The van der Waals surface area contributed by atoms with Crippen LogP contribution < -0.4 is 5.32 Å². The Morgan fingerprint density at radius 1 is 1.41 bits per heavy atom. The third-order valence-electron chi connectivity index (χ3n) is 1.87.